The number of thiophene rings is 1. The SMILES string of the molecule is C=C(C=c1ccsc1=CC)CNC(=O)C(CC)Oc1ncc(Cl)cc1Cl. The van der Waals surface area contributed by atoms with Crippen LogP contribution in [0.4, 0.5) is 0 Å². The minimum absolute atomic E-state index is 0.185. The normalized spacial score (nSPS) is 13.5. The van der Waals surface area contributed by atoms with Gasteiger partial charge in [0.05, 0.1) is 5.02 Å². The molecular weight excluding hydrogens is 391 g/mol. The molecule has 138 valence electrons. The number of rotatable bonds is 7. The van der Waals surface area contributed by atoms with E-state index in [1.54, 1.807) is 11.3 Å². The molecule has 0 aliphatic heterocycles. The lowest BCUT2D eigenvalue weighted by Gasteiger charge is -2.17. The van der Waals surface area contributed by atoms with Crippen molar-refractivity contribution >= 4 is 52.6 Å². The maximum atomic E-state index is 12.4. The van der Waals surface area contributed by atoms with Crippen LogP contribution in [0.3, 0.4) is 0 Å². The molecule has 2 aromatic heterocycles. The highest BCUT2D eigenvalue weighted by Gasteiger charge is 2.20. The Balaban J connectivity index is 1.99. The summed E-state index contributed by atoms with van der Waals surface area (Å²) in [5, 5.41) is 6.63. The van der Waals surface area contributed by atoms with Crippen molar-refractivity contribution in [1.29, 1.82) is 0 Å². The van der Waals surface area contributed by atoms with Crippen LogP contribution in [0.5, 0.6) is 5.88 Å². The predicted octanol–water partition coefficient (Wildman–Crippen LogP) is 3.56. The monoisotopic (exact) mass is 410 g/mol. The van der Waals surface area contributed by atoms with Gasteiger partial charge in [0.15, 0.2) is 6.10 Å². The Kier molecular flexibility index (Phi) is 7.69. The summed E-state index contributed by atoms with van der Waals surface area (Å²) in [6.07, 6.45) is 5.21. The summed E-state index contributed by atoms with van der Waals surface area (Å²) in [5.74, 6) is -0.0627. The quantitative estimate of drug-likeness (QED) is 0.758. The van der Waals surface area contributed by atoms with E-state index in [-0.39, 0.29) is 16.8 Å². The van der Waals surface area contributed by atoms with E-state index in [0.717, 1.165) is 10.8 Å². The Morgan fingerprint density at radius 1 is 1.50 bits per heavy atom. The number of carbonyl (C=O) groups excluding carboxylic acids is 1. The Labute approximate surface area is 166 Å². The average molecular weight is 411 g/mol. The van der Waals surface area contributed by atoms with Crippen LogP contribution >= 0.6 is 34.5 Å². The molecule has 2 rings (SSSR count). The molecule has 0 bridgehead atoms. The van der Waals surface area contributed by atoms with Crippen molar-refractivity contribution in [1.82, 2.24) is 10.3 Å². The second kappa shape index (κ2) is 9.76. The van der Waals surface area contributed by atoms with E-state index in [4.69, 9.17) is 27.9 Å². The van der Waals surface area contributed by atoms with Crippen molar-refractivity contribution in [2.75, 3.05) is 6.54 Å². The van der Waals surface area contributed by atoms with Crippen LogP contribution in [-0.4, -0.2) is 23.5 Å². The van der Waals surface area contributed by atoms with Gasteiger partial charge >= 0.3 is 0 Å². The van der Waals surface area contributed by atoms with Crippen LogP contribution in [0.25, 0.3) is 12.2 Å². The van der Waals surface area contributed by atoms with Gasteiger partial charge in [-0.25, -0.2) is 4.98 Å². The van der Waals surface area contributed by atoms with Crippen molar-refractivity contribution in [3.8, 4) is 5.88 Å². The van der Waals surface area contributed by atoms with E-state index in [1.807, 2.05) is 37.4 Å². The highest BCUT2D eigenvalue weighted by Crippen LogP contribution is 2.25. The molecule has 4 nitrogen and oxygen atoms in total. The number of hydrogen-bond acceptors (Lipinski definition) is 4. The molecule has 2 aromatic rings. The zero-order valence-electron chi connectivity index (χ0n) is 14.6. The number of ether oxygens (including phenoxy) is 1. The van der Waals surface area contributed by atoms with Crippen LogP contribution < -0.4 is 19.8 Å². The topological polar surface area (TPSA) is 51.2 Å². The lowest BCUT2D eigenvalue weighted by Crippen LogP contribution is -2.39. The van der Waals surface area contributed by atoms with Gasteiger partial charge in [-0.2, -0.15) is 0 Å². The molecule has 0 aliphatic carbocycles. The third kappa shape index (κ3) is 5.59. The number of hydrogen-bond donors (Lipinski definition) is 1. The Bertz CT molecular complexity index is 909. The molecule has 0 saturated carbocycles. The Morgan fingerprint density at radius 3 is 2.92 bits per heavy atom. The summed E-state index contributed by atoms with van der Waals surface area (Å²) in [5.41, 5.74) is 0.803. The lowest BCUT2D eigenvalue weighted by atomic mass is 10.2. The van der Waals surface area contributed by atoms with E-state index in [0.29, 0.717) is 18.0 Å². The van der Waals surface area contributed by atoms with Gasteiger partial charge in [0.1, 0.15) is 5.02 Å². The molecule has 1 amide bonds. The number of nitrogens with zero attached hydrogens (tertiary/aromatic N) is 1. The highest BCUT2D eigenvalue weighted by molar-refractivity contribution is 7.07. The lowest BCUT2D eigenvalue weighted by molar-refractivity contribution is -0.128. The first kappa shape index (κ1) is 20.5. The fourth-order valence-electron chi connectivity index (χ4n) is 2.22. The van der Waals surface area contributed by atoms with Crippen LogP contribution in [0.1, 0.15) is 20.3 Å². The number of carbonyl (C=O) groups is 1. The largest absolute Gasteiger partial charge is 0.463 e. The second-order valence-electron chi connectivity index (χ2n) is 5.50. The number of aromatic nitrogens is 1. The van der Waals surface area contributed by atoms with Gasteiger partial charge < -0.3 is 10.1 Å². The van der Waals surface area contributed by atoms with Crippen molar-refractivity contribution in [2.24, 2.45) is 0 Å². The molecular formula is C19H20Cl2N2O2S. The summed E-state index contributed by atoms with van der Waals surface area (Å²) in [4.78, 5) is 16.4. The van der Waals surface area contributed by atoms with E-state index in [2.05, 4.69) is 16.9 Å². The third-order valence-corrected chi connectivity index (χ3v) is 5.00. The van der Waals surface area contributed by atoms with E-state index < -0.39 is 6.10 Å². The van der Waals surface area contributed by atoms with E-state index in [1.165, 1.54) is 16.8 Å². The van der Waals surface area contributed by atoms with E-state index >= 15 is 0 Å². The van der Waals surface area contributed by atoms with E-state index in [9.17, 15) is 4.79 Å². The predicted molar refractivity (Wildman–Crippen MR) is 109 cm³/mol. The van der Waals surface area contributed by atoms with Crippen molar-refractivity contribution in [2.45, 2.75) is 26.4 Å². The number of pyridine rings is 1. The van der Waals surface area contributed by atoms with Crippen LogP contribution in [0, 0.1) is 0 Å². The van der Waals surface area contributed by atoms with Gasteiger partial charge in [-0.05, 0) is 47.7 Å². The maximum absolute atomic E-state index is 12.4. The average Bonchev–Trinajstić information content (AvgIpc) is 3.06. The van der Waals surface area contributed by atoms with Gasteiger partial charge in [-0.3, -0.25) is 4.79 Å². The van der Waals surface area contributed by atoms with Crippen LogP contribution in [0.2, 0.25) is 10.0 Å². The zero-order valence-corrected chi connectivity index (χ0v) is 16.9. The first-order valence-corrected chi connectivity index (χ1v) is 9.73. The summed E-state index contributed by atoms with van der Waals surface area (Å²) < 4.78 is 6.81. The van der Waals surface area contributed by atoms with Gasteiger partial charge in [0.25, 0.3) is 5.91 Å². The third-order valence-electron chi connectivity index (χ3n) is 3.53. The molecule has 0 spiro atoms. The second-order valence-corrected chi connectivity index (χ2v) is 7.30. The first-order valence-electron chi connectivity index (χ1n) is 8.09. The van der Waals surface area contributed by atoms with Gasteiger partial charge in [0, 0.05) is 17.3 Å². The standard InChI is InChI=1S/C19H20Cl2N2O2S/c1-4-16(25-19-15(21)9-14(20)11-23-19)18(24)22-10-12(3)8-13-6-7-26-17(13)5-2/h5-9,11,16H,3-4,10H2,1-2H3,(H,22,24). The first-order chi connectivity index (χ1) is 12.4. The van der Waals surface area contributed by atoms with Crippen LogP contribution in [0.15, 0.2) is 35.9 Å². The maximum Gasteiger partial charge on any atom is 0.261 e. The molecule has 7 heteroatoms. The summed E-state index contributed by atoms with van der Waals surface area (Å²) in [6, 6.07) is 3.55. The summed E-state index contributed by atoms with van der Waals surface area (Å²) in [6.45, 7) is 8.18. The van der Waals surface area contributed by atoms with Crippen molar-refractivity contribution in [3.05, 3.63) is 55.7 Å². The Hall–Kier alpha value is -1.82. The van der Waals surface area contributed by atoms with Gasteiger partial charge in [-0.1, -0.05) is 42.8 Å². The highest BCUT2D eigenvalue weighted by atomic mass is 35.5. The smallest absolute Gasteiger partial charge is 0.261 e. The molecule has 1 N–H and O–H groups in total. The van der Waals surface area contributed by atoms with Crippen LogP contribution in [-0.2, 0) is 4.79 Å². The van der Waals surface area contributed by atoms with Gasteiger partial charge in [0.2, 0.25) is 5.88 Å². The molecule has 0 fully saturated rings. The molecule has 0 saturated heterocycles. The minimum Gasteiger partial charge on any atom is -0.463 e. The number of nitrogens with one attached hydrogen (secondary N) is 1. The van der Waals surface area contributed by atoms with Crippen molar-refractivity contribution in [3.63, 3.8) is 0 Å². The zero-order chi connectivity index (χ0) is 19.1. The summed E-state index contributed by atoms with van der Waals surface area (Å²) >= 11 is 13.5. The van der Waals surface area contributed by atoms with Crippen molar-refractivity contribution < 1.29 is 9.53 Å². The molecule has 0 radical (unpaired) electrons. The fraction of sp³-hybridized carbons (Fsp3) is 0.263. The molecule has 2 heterocycles. The number of halogens is 2. The molecule has 26 heavy (non-hydrogen) atoms. The molecule has 1 unspecified atom stereocenters. The molecule has 1 atom stereocenters. The molecule has 0 aliphatic rings. The molecule has 0 aromatic carbocycles. The Morgan fingerprint density at radius 2 is 2.27 bits per heavy atom. The van der Waals surface area contributed by atoms with Gasteiger partial charge in [-0.15, -0.1) is 11.3 Å². The number of amides is 1. The fourth-order valence-corrected chi connectivity index (χ4v) is 3.40. The summed E-state index contributed by atoms with van der Waals surface area (Å²) in [7, 11) is 0. The minimum atomic E-state index is -0.699.